The molecule has 0 bridgehead atoms. The van der Waals surface area contributed by atoms with Gasteiger partial charge in [-0.05, 0) is 29.5 Å². The van der Waals surface area contributed by atoms with Gasteiger partial charge >= 0.3 is 0 Å². The van der Waals surface area contributed by atoms with E-state index in [1.807, 2.05) is 6.07 Å². The molecule has 1 unspecified atom stereocenters. The molecule has 0 saturated carbocycles. The largest absolute Gasteiger partial charge is 0.393 e. The van der Waals surface area contributed by atoms with Crippen molar-refractivity contribution in [1.29, 1.82) is 0 Å². The molecule has 0 aliphatic rings. The van der Waals surface area contributed by atoms with E-state index in [4.69, 9.17) is 0 Å². The van der Waals surface area contributed by atoms with Crippen molar-refractivity contribution in [3.05, 3.63) is 60.2 Å². The van der Waals surface area contributed by atoms with Crippen molar-refractivity contribution in [2.24, 2.45) is 0 Å². The van der Waals surface area contributed by atoms with E-state index in [0.29, 0.717) is 0 Å². The van der Waals surface area contributed by atoms with Gasteiger partial charge in [0.05, 0.1) is 6.10 Å². The average Bonchev–Trinajstić information content (AvgIpc) is 2.46. The molecule has 0 radical (unpaired) electrons. The Kier molecular flexibility index (Phi) is 5.17. The first-order chi connectivity index (χ1) is 9.29. The SMILES string of the molecule is CCCCC(O)Cc1cccc(-c2ccccc2)c1. The van der Waals surface area contributed by atoms with Crippen LogP contribution in [0.15, 0.2) is 54.6 Å². The Labute approximate surface area is 115 Å². The maximum Gasteiger partial charge on any atom is 0.0580 e. The average molecular weight is 254 g/mol. The van der Waals surface area contributed by atoms with Crippen LogP contribution in [0.5, 0.6) is 0 Å². The molecular weight excluding hydrogens is 232 g/mol. The van der Waals surface area contributed by atoms with Crippen LogP contribution in [0.3, 0.4) is 0 Å². The standard InChI is InChI=1S/C18H22O/c1-2-3-12-18(19)14-15-8-7-11-17(13-15)16-9-5-4-6-10-16/h4-11,13,18-19H,2-3,12,14H2,1H3. The molecule has 19 heavy (non-hydrogen) atoms. The molecule has 1 heteroatoms. The molecular formula is C18H22O. The van der Waals surface area contributed by atoms with Gasteiger partial charge in [-0.2, -0.15) is 0 Å². The van der Waals surface area contributed by atoms with Crippen molar-refractivity contribution in [3.8, 4) is 11.1 Å². The zero-order valence-corrected chi connectivity index (χ0v) is 11.5. The van der Waals surface area contributed by atoms with Gasteiger partial charge in [0, 0.05) is 0 Å². The quantitative estimate of drug-likeness (QED) is 0.807. The van der Waals surface area contributed by atoms with Crippen LogP contribution >= 0.6 is 0 Å². The topological polar surface area (TPSA) is 20.2 Å². The lowest BCUT2D eigenvalue weighted by Gasteiger charge is -2.11. The number of benzene rings is 2. The zero-order chi connectivity index (χ0) is 13.5. The van der Waals surface area contributed by atoms with Crippen molar-refractivity contribution in [2.45, 2.75) is 38.7 Å². The first kappa shape index (κ1) is 13.8. The second kappa shape index (κ2) is 7.10. The van der Waals surface area contributed by atoms with Gasteiger partial charge in [-0.25, -0.2) is 0 Å². The van der Waals surface area contributed by atoms with Crippen LogP contribution in [0.2, 0.25) is 0 Å². The lowest BCUT2D eigenvalue weighted by Crippen LogP contribution is -2.10. The van der Waals surface area contributed by atoms with E-state index in [2.05, 4.69) is 55.5 Å². The van der Waals surface area contributed by atoms with Crippen molar-refractivity contribution >= 4 is 0 Å². The highest BCUT2D eigenvalue weighted by Gasteiger charge is 2.06. The molecule has 2 aromatic carbocycles. The molecule has 1 N–H and O–H groups in total. The summed E-state index contributed by atoms with van der Waals surface area (Å²) in [5.41, 5.74) is 3.66. The molecule has 0 saturated heterocycles. The van der Waals surface area contributed by atoms with Gasteiger partial charge in [-0.15, -0.1) is 0 Å². The molecule has 0 aromatic heterocycles. The fourth-order valence-corrected chi connectivity index (χ4v) is 2.32. The smallest absolute Gasteiger partial charge is 0.0580 e. The molecule has 1 atom stereocenters. The van der Waals surface area contributed by atoms with Crippen LogP contribution in [0.4, 0.5) is 0 Å². The number of unbranched alkanes of at least 4 members (excludes halogenated alkanes) is 1. The van der Waals surface area contributed by atoms with Gasteiger partial charge < -0.3 is 5.11 Å². The minimum atomic E-state index is -0.217. The fraction of sp³-hybridized carbons (Fsp3) is 0.333. The van der Waals surface area contributed by atoms with E-state index in [-0.39, 0.29) is 6.10 Å². The van der Waals surface area contributed by atoms with E-state index in [1.54, 1.807) is 0 Å². The summed E-state index contributed by atoms with van der Waals surface area (Å²) in [4.78, 5) is 0. The van der Waals surface area contributed by atoms with Crippen molar-refractivity contribution in [2.75, 3.05) is 0 Å². The molecule has 1 nitrogen and oxygen atoms in total. The predicted octanol–water partition coefficient (Wildman–Crippen LogP) is 4.45. The highest BCUT2D eigenvalue weighted by molar-refractivity contribution is 5.63. The first-order valence-electron chi connectivity index (χ1n) is 7.12. The van der Waals surface area contributed by atoms with Crippen LogP contribution in [0, 0.1) is 0 Å². The van der Waals surface area contributed by atoms with Crippen molar-refractivity contribution in [3.63, 3.8) is 0 Å². The van der Waals surface area contributed by atoms with Crippen LogP contribution in [0.1, 0.15) is 31.7 Å². The number of hydrogen-bond acceptors (Lipinski definition) is 1. The minimum Gasteiger partial charge on any atom is -0.393 e. The molecule has 2 aromatic rings. The zero-order valence-electron chi connectivity index (χ0n) is 11.5. The summed E-state index contributed by atoms with van der Waals surface area (Å²) in [5.74, 6) is 0. The highest BCUT2D eigenvalue weighted by Crippen LogP contribution is 2.21. The highest BCUT2D eigenvalue weighted by atomic mass is 16.3. The summed E-state index contributed by atoms with van der Waals surface area (Å²) >= 11 is 0. The number of hydrogen-bond donors (Lipinski definition) is 1. The molecule has 0 aliphatic heterocycles. The third kappa shape index (κ3) is 4.22. The minimum absolute atomic E-state index is 0.217. The molecule has 100 valence electrons. The Balaban J connectivity index is 2.07. The molecule has 0 amide bonds. The fourth-order valence-electron chi connectivity index (χ4n) is 2.32. The Morgan fingerprint density at radius 1 is 0.947 bits per heavy atom. The normalized spacial score (nSPS) is 12.3. The Hall–Kier alpha value is -1.60. The Morgan fingerprint density at radius 2 is 1.68 bits per heavy atom. The summed E-state index contributed by atoms with van der Waals surface area (Å²) in [6.07, 6.45) is 3.67. The van der Waals surface area contributed by atoms with E-state index in [0.717, 1.165) is 25.7 Å². The lowest BCUT2D eigenvalue weighted by atomic mass is 9.99. The molecule has 2 rings (SSSR count). The van der Waals surface area contributed by atoms with Crippen LogP contribution in [-0.2, 0) is 6.42 Å². The van der Waals surface area contributed by atoms with Gasteiger partial charge in [-0.3, -0.25) is 0 Å². The van der Waals surface area contributed by atoms with Crippen molar-refractivity contribution < 1.29 is 5.11 Å². The van der Waals surface area contributed by atoms with Crippen LogP contribution in [-0.4, -0.2) is 11.2 Å². The molecule has 0 heterocycles. The van der Waals surface area contributed by atoms with Gasteiger partial charge in [0.15, 0.2) is 0 Å². The summed E-state index contributed by atoms with van der Waals surface area (Å²) in [5, 5.41) is 10.00. The van der Waals surface area contributed by atoms with Gasteiger partial charge in [0.25, 0.3) is 0 Å². The maximum absolute atomic E-state index is 10.00. The van der Waals surface area contributed by atoms with Gasteiger partial charge in [0.1, 0.15) is 0 Å². The number of rotatable bonds is 6. The number of aliphatic hydroxyl groups is 1. The van der Waals surface area contributed by atoms with E-state index >= 15 is 0 Å². The molecule has 0 spiro atoms. The summed E-state index contributed by atoms with van der Waals surface area (Å²) in [6, 6.07) is 18.9. The van der Waals surface area contributed by atoms with Gasteiger partial charge in [-0.1, -0.05) is 74.4 Å². The molecule has 0 fully saturated rings. The third-order valence-electron chi connectivity index (χ3n) is 3.40. The second-order valence-electron chi connectivity index (χ2n) is 5.07. The summed E-state index contributed by atoms with van der Waals surface area (Å²) in [6.45, 7) is 2.16. The van der Waals surface area contributed by atoms with Gasteiger partial charge in [0.2, 0.25) is 0 Å². The third-order valence-corrected chi connectivity index (χ3v) is 3.40. The second-order valence-corrected chi connectivity index (χ2v) is 5.07. The van der Waals surface area contributed by atoms with E-state index < -0.39 is 0 Å². The Morgan fingerprint density at radius 3 is 2.42 bits per heavy atom. The monoisotopic (exact) mass is 254 g/mol. The predicted molar refractivity (Wildman–Crippen MR) is 81.1 cm³/mol. The molecule has 0 aliphatic carbocycles. The van der Waals surface area contributed by atoms with E-state index in [1.165, 1.54) is 16.7 Å². The first-order valence-corrected chi connectivity index (χ1v) is 7.12. The maximum atomic E-state index is 10.00. The van der Waals surface area contributed by atoms with E-state index in [9.17, 15) is 5.11 Å². The van der Waals surface area contributed by atoms with Crippen LogP contribution < -0.4 is 0 Å². The van der Waals surface area contributed by atoms with Crippen LogP contribution in [0.25, 0.3) is 11.1 Å². The summed E-state index contributed by atoms with van der Waals surface area (Å²) in [7, 11) is 0. The van der Waals surface area contributed by atoms with Crippen molar-refractivity contribution in [1.82, 2.24) is 0 Å². The summed E-state index contributed by atoms with van der Waals surface area (Å²) < 4.78 is 0. The number of aliphatic hydroxyl groups excluding tert-OH is 1. The Bertz CT molecular complexity index is 490. The lowest BCUT2D eigenvalue weighted by molar-refractivity contribution is 0.162.